The Morgan fingerprint density at radius 3 is 2.34 bits per heavy atom. The summed E-state index contributed by atoms with van der Waals surface area (Å²) in [4.78, 5) is 60.2. The smallest absolute Gasteiger partial charge is 0.364 e. The molecule has 0 radical (unpaired) electrons. The number of methoxy groups -OCH3 is 1. The molecule has 35 heavy (non-hydrogen) atoms. The number of aromatic hydroxyl groups is 1. The molecular formula is C22H32N5O7S+. The summed E-state index contributed by atoms with van der Waals surface area (Å²) in [5.74, 6) is -2.29. The van der Waals surface area contributed by atoms with Crippen LogP contribution in [0.5, 0.6) is 5.75 Å². The summed E-state index contributed by atoms with van der Waals surface area (Å²) in [6, 6.07) is 4.44. The predicted octanol–water partition coefficient (Wildman–Crippen LogP) is -2.76. The Balaban J connectivity index is 1.80. The van der Waals surface area contributed by atoms with Gasteiger partial charge in [-0.3, -0.25) is 19.2 Å². The number of ether oxygens (including phenoxy) is 1. The molecule has 0 aromatic heterocycles. The first-order valence-electron chi connectivity index (χ1n) is 11.0. The number of rotatable bonds is 13. The summed E-state index contributed by atoms with van der Waals surface area (Å²) in [6.07, 6.45) is 0.695. The fourth-order valence-electron chi connectivity index (χ4n) is 3.22. The molecule has 4 amide bonds. The van der Waals surface area contributed by atoms with E-state index >= 15 is 0 Å². The number of phenols is 1. The molecule has 1 aliphatic heterocycles. The highest BCUT2D eigenvalue weighted by Crippen LogP contribution is 2.23. The van der Waals surface area contributed by atoms with Crippen LogP contribution in [-0.4, -0.2) is 84.0 Å². The molecule has 2 rings (SSSR count). The van der Waals surface area contributed by atoms with Crippen molar-refractivity contribution in [2.75, 3.05) is 26.7 Å². The zero-order chi connectivity index (χ0) is 26.0. The van der Waals surface area contributed by atoms with Gasteiger partial charge >= 0.3 is 5.97 Å². The van der Waals surface area contributed by atoms with Gasteiger partial charge in [-0.05, 0) is 30.5 Å². The van der Waals surface area contributed by atoms with Gasteiger partial charge in [0.05, 0.1) is 20.2 Å². The second-order valence-corrected chi connectivity index (χ2v) is 9.48. The SMILES string of the molecule is COC(=O)[C@H]1[SH+][C@H]1CNC(=O)CNC(=O)[C@H](CN)NC(=O)[C@H](CCc1ccc(O)cc1)NC(C)=O. The van der Waals surface area contributed by atoms with Crippen molar-refractivity contribution < 1.29 is 33.8 Å². The number of phenolic OH excluding ortho intramolecular Hbond substituents is 1. The summed E-state index contributed by atoms with van der Waals surface area (Å²) in [7, 11) is 1.31. The number of benzene rings is 1. The lowest BCUT2D eigenvalue weighted by Gasteiger charge is -2.22. The van der Waals surface area contributed by atoms with Crippen LogP contribution in [0.2, 0.25) is 0 Å². The van der Waals surface area contributed by atoms with Gasteiger partial charge in [-0.2, -0.15) is 0 Å². The van der Waals surface area contributed by atoms with Crippen LogP contribution in [0, 0.1) is 0 Å². The fourth-order valence-corrected chi connectivity index (χ4v) is 4.19. The molecule has 4 atom stereocenters. The molecule has 192 valence electrons. The highest BCUT2D eigenvalue weighted by Gasteiger charge is 2.56. The van der Waals surface area contributed by atoms with E-state index in [-0.39, 0.29) is 48.3 Å². The van der Waals surface area contributed by atoms with Crippen LogP contribution >= 0.6 is 0 Å². The van der Waals surface area contributed by atoms with Crippen LogP contribution in [0.1, 0.15) is 18.9 Å². The van der Waals surface area contributed by atoms with Crippen molar-refractivity contribution in [3.8, 4) is 5.75 Å². The summed E-state index contributed by atoms with van der Waals surface area (Å²) >= 11 is 0.887. The summed E-state index contributed by atoms with van der Waals surface area (Å²) in [6.45, 7) is 1.02. The number of carbonyl (C=O) groups is 5. The van der Waals surface area contributed by atoms with Crippen molar-refractivity contribution in [3.05, 3.63) is 29.8 Å². The number of hydrogen-bond donors (Lipinski definition) is 6. The van der Waals surface area contributed by atoms with Crippen LogP contribution in [0.25, 0.3) is 0 Å². The number of esters is 1. The zero-order valence-corrected chi connectivity index (χ0v) is 20.5. The molecule has 1 fully saturated rings. The van der Waals surface area contributed by atoms with E-state index in [9.17, 15) is 29.1 Å². The summed E-state index contributed by atoms with van der Waals surface area (Å²) < 4.78 is 4.65. The normalized spacial score (nSPS) is 17.9. The van der Waals surface area contributed by atoms with Crippen molar-refractivity contribution in [1.82, 2.24) is 21.3 Å². The molecule has 0 spiro atoms. The van der Waals surface area contributed by atoms with Gasteiger partial charge < -0.3 is 36.8 Å². The van der Waals surface area contributed by atoms with Crippen molar-refractivity contribution in [1.29, 1.82) is 0 Å². The Morgan fingerprint density at radius 1 is 1.06 bits per heavy atom. The summed E-state index contributed by atoms with van der Waals surface area (Å²) in [5, 5.41) is 19.3. The van der Waals surface area contributed by atoms with E-state index in [0.717, 1.165) is 17.3 Å². The Labute approximate surface area is 207 Å². The molecule has 1 saturated heterocycles. The number of amides is 4. The van der Waals surface area contributed by atoms with Gasteiger partial charge in [0.25, 0.3) is 5.25 Å². The van der Waals surface area contributed by atoms with Crippen LogP contribution in [0.15, 0.2) is 24.3 Å². The third-order valence-corrected chi connectivity index (χ3v) is 6.63. The maximum absolute atomic E-state index is 12.7. The van der Waals surface area contributed by atoms with Gasteiger partial charge in [-0.15, -0.1) is 0 Å². The van der Waals surface area contributed by atoms with Crippen LogP contribution < -0.4 is 27.0 Å². The van der Waals surface area contributed by atoms with E-state index in [1.54, 1.807) is 12.1 Å². The van der Waals surface area contributed by atoms with Gasteiger partial charge in [0.1, 0.15) is 17.8 Å². The van der Waals surface area contributed by atoms with E-state index in [1.165, 1.54) is 26.2 Å². The fraction of sp³-hybridized carbons (Fsp3) is 0.500. The first kappa shape index (κ1) is 27.9. The topological polar surface area (TPSA) is 189 Å². The molecule has 0 aliphatic carbocycles. The number of aryl methyl sites for hydroxylation is 1. The third-order valence-electron chi connectivity index (χ3n) is 5.22. The van der Waals surface area contributed by atoms with Crippen LogP contribution in [0.4, 0.5) is 0 Å². The minimum Gasteiger partial charge on any atom is -0.508 e. The van der Waals surface area contributed by atoms with Crippen molar-refractivity contribution in [2.45, 2.75) is 42.3 Å². The number of carbonyl (C=O) groups excluding carboxylic acids is 5. The Bertz CT molecular complexity index is 927. The zero-order valence-electron chi connectivity index (χ0n) is 19.6. The molecule has 1 heterocycles. The van der Waals surface area contributed by atoms with Crippen molar-refractivity contribution >= 4 is 41.4 Å². The average Bonchev–Trinajstić information content (AvgIpc) is 3.62. The average molecular weight is 511 g/mol. The minimum atomic E-state index is -1.11. The van der Waals surface area contributed by atoms with E-state index in [1.807, 2.05) is 0 Å². The standard InChI is InChI=1S/C22H31N5O7S/c1-12(28)26-15(8-5-13-3-6-14(29)7-4-13)21(32)27-16(9-23)20(31)25-11-18(30)24-10-17-19(35-17)22(33)34-2/h3-4,6-7,15-17,19,29H,5,8-11,23H2,1-2H3,(H,24,30)(H,25,31)(H,26,28)(H,27,32)/p+1/t15-,16-,17-,19-/m0/s1. The lowest BCUT2D eigenvalue weighted by Crippen LogP contribution is -2.56. The van der Waals surface area contributed by atoms with E-state index in [2.05, 4.69) is 26.0 Å². The number of nitrogens with two attached hydrogens (primary N) is 1. The maximum atomic E-state index is 12.7. The van der Waals surface area contributed by atoms with Gasteiger partial charge in [-0.25, -0.2) is 4.79 Å². The molecule has 1 aromatic rings. The van der Waals surface area contributed by atoms with Gasteiger partial charge in [-0.1, -0.05) is 12.1 Å². The minimum absolute atomic E-state index is 0.00883. The lowest BCUT2D eigenvalue weighted by atomic mass is 10.0. The highest BCUT2D eigenvalue weighted by atomic mass is 32.2. The van der Waals surface area contributed by atoms with Gasteiger partial charge in [0.2, 0.25) is 23.6 Å². The molecule has 0 saturated carbocycles. The second-order valence-electron chi connectivity index (χ2n) is 7.96. The molecule has 1 aliphatic rings. The Hall–Kier alpha value is -3.32. The monoisotopic (exact) mass is 510 g/mol. The van der Waals surface area contributed by atoms with E-state index in [0.29, 0.717) is 6.42 Å². The Morgan fingerprint density at radius 2 is 1.74 bits per heavy atom. The molecular weight excluding hydrogens is 478 g/mol. The number of thiol groups is 1. The molecule has 7 N–H and O–H groups in total. The molecule has 0 bridgehead atoms. The lowest BCUT2D eigenvalue weighted by molar-refractivity contribution is -0.139. The van der Waals surface area contributed by atoms with Gasteiger partial charge in [0, 0.05) is 25.2 Å². The maximum Gasteiger partial charge on any atom is 0.364 e. The highest BCUT2D eigenvalue weighted by molar-refractivity contribution is 7.88. The molecule has 0 unspecified atom stereocenters. The Kier molecular flexibility index (Phi) is 10.8. The quantitative estimate of drug-likeness (QED) is 0.0712. The predicted molar refractivity (Wildman–Crippen MR) is 129 cm³/mol. The largest absolute Gasteiger partial charge is 0.508 e. The van der Waals surface area contributed by atoms with Gasteiger partial charge in [0.15, 0.2) is 5.25 Å². The van der Waals surface area contributed by atoms with E-state index in [4.69, 9.17) is 5.73 Å². The first-order valence-corrected chi connectivity index (χ1v) is 12.1. The molecule has 1 aromatic carbocycles. The van der Waals surface area contributed by atoms with Crippen molar-refractivity contribution in [2.24, 2.45) is 5.73 Å². The van der Waals surface area contributed by atoms with Crippen molar-refractivity contribution in [3.63, 3.8) is 0 Å². The molecule has 12 nitrogen and oxygen atoms in total. The van der Waals surface area contributed by atoms with Crippen LogP contribution in [0.3, 0.4) is 0 Å². The van der Waals surface area contributed by atoms with Crippen LogP contribution in [-0.2, 0) is 46.9 Å². The number of nitrogens with one attached hydrogen (secondary N) is 4. The molecule has 13 heteroatoms. The second kappa shape index (κ2) is 13.5. The third kappa shape index (κ3) is 9.45. The summed E-state index contributed by atoms with van der Waals surface area (Å²) in [5.41, 5.74) is 6.50. The first-order chi connectivity index (χ1) is 16.6. The number of hydrogen-bond acceptors (Lipinski definition) is 8. The van der Waals surface area contributed by atoms with E-state index < -0.39 is 35.7 Å².